The standard InChI is InChI=1S/C15H18ClNO3/c1-5-6-9-19-13-8-7-11(10-12(13)16)17-14(18)20-15(2,3)4/h7-8,10H,9H2,1-4H3,(H,17,18). The van der Waals surface area contributed by atoms with Crippen LogP contribution in [0.3, 0.4) is 0 Å². The molecule has 0 saturated heterocycles. The van der Waals surface area contributed by atoms with Crippen LogP contribution < -0.4 is 10.1 Å². The lowest BCUT2D eigenvalue weighted by Gasteiger charge is -2.19. The van der Waals surface area contributed by atoms with E-state index in [2.05, 4.69) is 17.2 Å². The van der Waals surface area contributed by atoms with Crippen molar-refractivity contribution in [3.05, 3.63) is 23.2 Å². The van der Waals surface area contributed by atoms with Crippen LogP contribution in [0.1, 0.15) is 27.7 Å². The maximum atomic E-state index is 11.6. The van der Waals surface area contributed by atoms with Crippen molar-refractivity contribution in [2.45, 2.75) is 33.3 Å². The Hall–Kier alpha value is -1.86. The Bertz CT molecular complexity index is 538. The minimum Gasteiger partial charge on any atom is -0.479 e. The van der Waals surface area contributed by atoms with Gasteiger partial charge in [0, 0.05) is 5.69 Å². The predicted octanol–water partition coefficient (Wildman–Crippen LogP) is 4.09. The van der Waals surface area contributed by atoms with Crippen LogP contribution in [-0.4, -0.2) is 18.3 Å². The third-order valence-electron chi connectivity index (χ3n) is 2.05. The molecule has 5 heteroatoms. The first-order valence-electron chi connectivity index (χ1n) is 6.14. The molecular weight excluding hydrogens is 278 g/mol. The Kier molecular flexibility index (Phi) is 5.72. The van der Waals surface area contributed by atoms with Crippen LogP contribution in [0.4, 0.5) is 10.5 Å². The summed E-state index contributed by atoms with van der Waals surface area (Å²) in [7, 11) is 0. The van der Waals surface area contributed by atoms with Crippen molar-refractivity contribution in [1.82, 2.24) is 0 Å². The molecule has 20 heavy (non-hydrogen) atoms. The van der Waals surface area contributed by atoms with Crippen molar-refractivity contribution in [3.63, 3.8) is 0 Å². The van der Waals surface area contributed by atoms with Crippen molar-refractivity contribution < 1.29 is 14.3 Å². The Balaban J connectivity index is 2.67. The Morgan fingerprint density at radius 1 is 1.40 bits per heavy atom. The smallest absolute Gasteiger partial charge is 0.412 e. The van der Waals surface area contributed by atoms with Gasteiger partial charge in [0.2, 0.25) is 0 Å². The van der Waals surface area contributed by atoms with E-state index in [1.165, 1.54) is 0 Å². The minimum absolute atomic E-state index is 0.273. The molecule has 0 aliphatic rings. The lowest BCUT2D eigenvalue weighted by atomic mass is 10.2. The highest BCUT2D eigenvalue weighted by atomic mass is 35.5. The number of hydrogen-bond acceptors (Lipinski definition) is 3. The molecule has 0 radical (unpaired) electrons. The second-order valence-corrected chi connectivity index (χ2v) is 5.39. The molecule has 0 aliphatic carbocycles. The summed E-state index contributed by atoms with van der Waals surface area (Å²) in [5.74, 6) is 6.02. The molecule has 0 unspecified atom stereocenters. The number of carbonyl (C=O) groups excluding carboxylic acids is 1. The van der Waals surface area contributed by atoms with Crippen LogP contribution in [0.2, 0.25) is 5.02 Å². The predicted molar refractivity (Wildman–Crippen MR) is 80.3 cm³/mol. The summed E-state index contributed by atoms with van der Waals surface area (Å²) in [4.78, 5) is 11.6. The van der Waals surface area contributed by atoms with Gasteiger partial charge in [0.15, 0.2) is 0 Å². The Morgan fingerprint density at radius 3 is 2.65 bits per heavy atom. The van der Waals surface area contributed by atoms with Gasteiger partial charge in [0.1, 0.15) is 18.0 Å². The lowest BCUT2D eigenvalue weighted by molar-refractivity contribution is 0.0636. The van der Waals surface area contributed by atoms with E-state index in [0.717, 1.165) is 0 Å². The molecule has 1 aromatic rings. The zero-order valence-corrected chi connectivity index (χ0v) is 12.8. The number of hydrogen-bond donors (Lipinski definition) is 1. The molecule has 1 aromatic carbocycles. The van der Waals surface area contributed by atoms with Gasteiger partial charge in [0.05, 0.1) is 5.02 Å². The van der Waals surface area contributed by atoms with Crippen LogP contribution in [0.25, 0.3) is 0 Å². The fourth-order valence-corrected chi connectivity index (χ4v) is 1.54. The zero-order chi connectivity index (χ0) is 15.2. The minimum atomic E-state index is -0.546. The number of halogens is 1. The number of carbonyl (C=O) groups is 1. The number of amides is 1. The number of nitrogens with one attached hydrogen (secondary N) is 1. The normalized spacial score (nSPS) is 10.2. The van der Waals surface area contributed by atoms with Crippen molar-refractivity contribution >= 4 is 23.4 Å². The molecule has 0 heterocycles. The number of ether oxygens (including phenoxy) is 2. The van der Waals surface area contributed by atoms with Gasteiger partial charge in [-0.15, -0.1) is 5.92 Å². The first kappa shape index (κ1) is 16.2. The second-order valence-electron chi connectivity index (χ2n) is 4.99. The van der Waals surface area contributed by atoms with Gasteiger partial charge < -0.3 is 9.47 Å². The molecular formula is C15H18ClNO3. The molecule has 0 atom stereocenters. The molecule has 1 rings (SSSR count). The van der Waals surface area contributed by atoms with Gasteiger partial charge in [-0.2, -0.15) is 0 Å². The van der Waals surface area contributed by atoms with Crippen LogP contribution in [0.15, 0.2) is 18.2 Å². The molecule has 0 aromatic heterocycles. The van der Waals surface area contributed by atoms with E-state index in [0.29, 0.717) is 16.5 Å². The number of anilines is 1. The van der Waals surface area contributed by atoms with Crippen LogP contribution in [0, 0.1) is 11.8 Å². The van der Waals surface area contributed by atoms with Crippen LogP contribution in [-0.2, 0) is 4.74 Å². The maximum absolute atomic E-state index is 11.6. The summed E-state index contributed by atoms with van der Waals surface area (Å²) >= 11 is 6.06. The molecule has 0 spiro atoms. The molecule has 0 aliphatic heterocycles. The lowest BCUT2D eigenvalue weighted by Crippen LogP contribution is -2.27. The van der Waals surface area contributed by atoms with Gasteiger partial charge in [-0.25, -0.2) is 4.79 Å². The molecule has 4 nitrogen and oxygen atoms in total. The summed E-state index contributed by atoms with van der Waals surface area (Å²) in [6.45, 7) is 7.40. The summed E-state index contributed by atoms with van der Waals surface area (Å²) in [5, 5.41) is 3.00. The van der Waals surface area contributed by atoms with E-state index in [-0.39, 0.29) is 6.61 Å². The number of rotatable bonds is 3. The molecule has 1 amide bonds. The van der Waals surface area contributed by atoms with Gasteiger partial charge in [-0.1, -0.05) is 17.5 Å². The largest absolute Gasteiger partial charge is 0.479 e. The SMILES string of the molecule is CC#CCOc1ccc(NC(=O)OC(C)(C)C)cc1Cl. The van der Waals surface area contributed by atoms with Gasteiger partial charge in [-0.3, -0.25) is 5.32 Å². The van der Waals surface area contributed by atoms with Crippen LogP contribution >= 0.6 is 11.6 Å². The summed E-state index contributed by atoms with van der Waals surface area (Å²) in [6, 6.07) is 4.96. The van der Waals surface area contributed by atoms with Gasteiger partial charge in [0.25, 0.3) is 0 Å². The highest BCUT2D eigenvalue weighted by Gasteiger charge is 2.16. The third kappa shape index (κ3) is 5.85. The van der Waals surface area contributed by atoms with Gasteiger partial charge in [-0.05, 0) is 45.9 Å². The number of benzene rings is 1. The highest BCUT2D eigenvalue weighted by Crippen LogP contribution is 2.27. The topological polar surface area (TPSA) is 47.6 Å². The quantitative estimate of drug-likeness (QED) is 0.854. The summed E-state index contributed by atoms with van der Waals surface area (Å²) in [6.07, 6.45) is -0.529. The maximum Gasteiger partial charge on any atom is 0.412 e. The Labute approximate surface area is 124 Å². The van der Waals surface area contributed by atoms with Gasteiger partial charge >= 0.3 is 6.09 Å². The summed E-state index contributed by atoms with van der Waals surface area (Å²) < 4.78 is 10.5. The second kappa shape index (κ2) is 7.06. The first-order chi connectivity index (χ1) is 9.31. The van der Waals surface area contributed by atoms with E-state index < -0.39 is 11.7 Å². The van der Waals surface area contributed by atoms with E-state index in [1.54, 1.807) is 45.9 Å². The average Bonchev–Trinajstić information content (AvgIpc) is 2.29. The first-order valence-corrected chi connectivity index (χ1v) is 6.51. The molecule has 0 bridgehead atoms. The van der Waals surface area contributed by atoms with Crippen molar-refractivity contribution in [1.29, 1.82) is 0 Å². The average molecular weight is 296 g/mol. The highest BCUT2D eigenvalue weighted by molar-refractivity contribution is 6.32. The molecule has 1 N–H and O–H groups in total. The van der Waals surface area contributed by atoms with E-state index in [4.69, 9.17) is 21.1 Å². The van der Waals surface area contributed by atoms with E-state index in [1.807, 2.05) is 0 Å². The molecule has 0 fully saturated rings. The monoisotopic (exact) mass is 295 g/mol. The summed E-state index contributed by atoms with van der Waals surface area (Å²) in [5.41, 5.74) is -0.00590. The van der Waals surface area contributed by atoms with Crippen molar-refractivity contribution in [3.8, 4) is 17.6 Å². The van der Waals surface area contributed by atoms with Crippen molar-refractivity contribution in [2.75, 3.05) is 11.9 Å². The molecule has 108 valence electrons. The third-order valence-corrected chi connectivity index (χ3v) is 2.35. The fourth-order valence-electron chi connectivity index (χ4n) is 1.30. The fraction of sp³-hybridized carbons (Fsp3) is 0.400. The van der Waals surface area contributed by atoms with E-state index in [9.17, 15) is 4.79 Å². The van der Waals surface area contributed by atoms with Crippen LogP contribution in [0.5, 0.6) is 5.75 Å². The zero-order valence-electron chi connectivity index (χ0n) is 12.0. The van der Waals surface area contributed by atoms with E-state index >= 15 is 0 Å². The van der Waals surface area contributed by atoms with Crippen molar-refractivity contribution in [2.24, 2.45) is 0 Å². The molecule has 0 saturated carbocycles. The Morgan fingerprint density at radius 2 is 2.10 bits per heavy atom.